The van der Waals surface area contributed by atoms with Crippen molar-refractivity contribution >= 4 is 23.9 Å². The molecule has 2 amide bonds. The number of carbonyl (C=O) groups is 2. The highest BCUT2D eigenvalue weighted by Crippen LogP contribution is 2.36. The molecule has 0 aliphatic carbocycles. The van der Waals surface area contributed by atoms with Crippen molar-refractivity contribution in [3.8, 4) is 28.4 Å². The van der Waals surface area contributed by atoms with E-state index in [4.69, 9.17) is 24.5 Å². The highest BCUT2D eigenvalue weighted by Gasteiger charge is 2.34. The van der Waals surface area contributed by atoms with Crippen LogP contribution in [0, 0.1) is 0 Å². The summed E-state index contributed by atoms with van der Waals surface area (Å²) in [5.41, 5.74) is 6.68. The largest absolute Gasteiger partial charge is 0.489 e. The van der Waals surface area contributed by atoms with Gasteiger partial charge in [0.25, 0.3) is 0 Å². The van der Waals surface area contributed by atoms with E-state index < -0.39 is 23.4 Å². The van der Waals surface area contributed by atoms with Crippen LogP contribution < -0.4 is 15.4 Å². The molecule has 0 fully saturated rings. The van der Waals surface area contributed by atoms with Crippen molar-refractivity contribution in [3.05, 3.63) is 72.4 Å². The molecule has 0 atom stereocenters. The van der Waals surface area contributed by atoms with Gasteiger partial charge in [-0.2, -0.15) is 4.90 Å². The maximum absolute atomic E-state index is 13.1. The molecule has 4 aromatic rings. The molecule has 0 bridgehead atoms. The number of ether oxygens (including phenoxy) is 3. The first kappa shape index (κ1) is 29.1. The Morgan fingerprint density at radius 1 is 0.902 bits per heavy atom. The monoisotopic (exact) mass is 559 g/mol. The number of anilines is 2. The van der Waals surface area contributed by atoms with E-state index in [0.29, 0.717) is 28.5 Å². The number of amides is 2. The second-order valence-corrected chi connectivity index (χ2v) is 11.1. The predicted octanol–water partition coefficient (Wildman–Crippen LogP) is 6.64. The Hall–Kier alpha value is -4.93. The molecule has 4 rings (SSSR count). The molecule has 214 valence electrons. The molecule has 0 aliphatic rings. The van der Waals surface area contributed by atoms with Crippen LogP contribution in [0.3, 0.4) is 0 Å². The van der Waals surface area contributed by atoms with E-state index in [-0.39, 0.29) is 23.1 Å². The van der Waals surface area contributed by atoms with Crippen molar-refractivity contribution in [3.63, 3.8) is 0 Å². The number of nitrogens with zero attached hydrogens (tertiary/aromatic N) is 4. The first-order valence-corrected chi connectivity index (χ1v) is 12.9. The van der Waals surface area contributed by atoms with Gasteiger partial charge in [-0.05, 0) is 59.2 Å². The number of rotatable bonds is 6. The third-order valence-electron chi connectivity index (χ3n) is 5.32. The average molecular weight is 560 g/mol. The maximum Gasteiger partial charge on any atom is 0.425 e. The number of nitrogens with two attached hydrogens (primary N) is 1. The van der Waals surface area contributed by atoms with Gasteiger partial charge in [0.05, 0.1) is 0 Å². The molecule has 0 unspecified atom stereocenters. The van der Waals surface area contributed by atoms with Crippen molar-refractivity contribution in [1.82, 2.24) is 15.1 Å². The Balaban J connectivity index is 1.69. The molecule has 2 N–H and O–H groups in total. The standard InChI is InChI=1S/C30H33N5O6/c1-29(2,3)39-27(36)35(28(37)40-30(4,5)6)22-15-16-32-26(33-22)23-24(34-41-25(23)31)20-13-10-14-21(17-20)38-18-19-11-8-7-9-12-19/h7-17H,18,31H2,1-6H3. The van der Waals surface area contributed by atoms with Crippen LogP contribution in [-0.4, -0.2) is 38.5 Å². The van der Waals surface area contributed by atoms with Crippen molar-refractivity contribution < 1.29 is 28.3 Å². The summed E-state index contributed by atoms with van der Waals surface area (Å²) in [4.78, 5) is 35.7. The number of imide groups is 1. The minimum atomic E-state index is -0.960. The van der Waals surface area contributed by atoms with Gasteiger partial charge in [0.1, 0.15) is 34.8 Å². The summed E-state index contributed by atoms with van der Waals surface area (Å²) in [6.45, 7) is 10.5. The zero-order valence-corrected chi connectivity index (χ0v) is 23.9. The molecule has 0 saturated heterocycles. The minimum absolute atomic E-state index is 0.0474. The second kappa shape index (κ2) is 11.7. The van der Waals surface area contributed by atoms with Crippen LogP contribution in [0.25, 0.3) is 22.6 Å². The van der Waals surface area contributed by atoms with Crippen LogP contribution >= 0.6 is 0 Å². The summed E-state index contributed by atoms with van der Waals surface area (Å²) in [7, 11) is 0. The third kappa shape index (κ3) is 7.59. The number of carbonyl (C=O) groups excluding carboxylic acids is 2. The van der Waals surface area contributed by atoms with Gasteiger partial charge in [-0.25, -0.2) is 19.6 Å². The third-order valence-corrected chi connectivity index (χ3v) is 5.32. The van der Waals surface area contributed by atoms with Gasteiger partial charge in [-0.3, -0.25) is 0 Å². The molecule has 0 spiro atoms. The SMILES string of the molecule is CC(C)(C)OC(=O)N(C(=O)OC(C)(C)C)c1ccnc(-c2c(-c3cccc(OCc4ccccc4)c3)noc2N)n1. The Bertz CT molecular complexity index is 1490. The van der Waals surface area contributed by atoms with Crippen LogP contribution in [0.1, 0.15) is 47.1 Å². The smallest absolute Gasteiger partial charge is 0.425 e. The van der Waals surface area contributed by atoms with Gasteiger partial charge in [-0.1, -0.05) is 47.6 Å². The molecule has 2 aromatic carbocycles. The Morgan fingerprint density at radius 3 is 2.20 bits per heavy atom. The summed E-state index contributed by atoms with van der Waals surface area (Å²) in [6, 6.07) is 18.4. The fourth-order valence-electron chi connectivity index (χ4n) is 3.66. The van der Waals surface area contributed by atoms with Crippen LogP contribution in [0.2, 0.25) is 0 Å². The summed E-state index contributed by atoms with van der Waals surface area (Å²) in [5, 5.41) is 4.13. The second-order valence-electron chi connectivity index (χ2n) is 11.1. The molecule has 0 aliphatic heterocycles. The molecule has 2 aromatic heterocycles. The lowest BCUT2D eigenvalue weighted by Gasteiger charge is -2.28. The van der Waals surface area contributed by atoms with Crippen LogP contribution in [0.4, 0.5) is 21.3 Å². The van der Waals surface area contributed by atoms with E-state index in [0.717, 1.165) is 5.56 Å². The number of hydrogen-bond acceptors (Lipinski definition) is 10. The summed E-state index contributed by atoms with van der Waals surface area (Å²) < 4.78 is 22.2. The van der Waals surface area contributed by atoms with Gasteiger partial charge in [0, 0.05) is 17.8 Å². The van der Waals surface area contributed by atoms with Gasteiger partial charge in [0.15, 0.2) is 11.6 Å². The fourth-order valence-corrected chi connectivity index (χ4v) is 3.66. The van der Waals surface area contributed by atoms with Crippen molar-refractivity contribution in [1.29, 1.82) is 0 Å². The van der Waals surface area contributed by atoms with Crippen molar-refractivity contribution in [2.75, 3.05) is 10.6 Å². The van der Waals surface area contributed by atoms with Gasteiger partial charge < -0.3 is 24.5 Å². The van der Waals surface area contributed by atoms with Crippen LogP contribution in [0.15, 0.2) is 71.4 Å². The van der Waals surface area contributed by atoms with E-state index in [1.165, 1.54) is 12.3 Å². The number of benzene rings is 2. The molecular weight excluding hydrogens is 526 g/mol. The molecule has 11 nitrogen and oxygen atoms in total. The van der Waals surface area contributed by atoms with Crippen molar-refractivity contribution in [2.24, 2.45) is 0 Å². The molecule has 11 heteroatoms. The number of hydrogen-bond donors (Lipinski definition) is 1. The van der Waals surface area contributed by atoms with Crippen LogP contribution in [-0.2, 0) is 16.1 Å². The van der Waals surface area contributed by atoms with E-state index in [9.17, 15) is 9.59 Å². The normalized spacial score (nSPS) is 11.6. The topological polar surface area (TPSA) is 143 Å². The maximum atomic E-state index is 13.1. The first-order chi connectivity index (χ1) is 19.3. The Morgan fingerprint density at radius 2 is 1.56 bits per heavy atom. The zero-order chi connectivity index (χ0) is 29.8. The van der Waals surface area contributed by atoms with E-state index in [1.807, 2.05) is 48.5 Å². The summed E-state index contributed by atoms with van der Waals surface area (Å²) >= 11 is 0. The summed E-state index contributed by atoms with van der Waals surface area (Å²) in [5.74, 6) is 0.553. The molecule has 41 heavy (non-hydrogen) atoms. The van der Waals surface area contributed by atoms with Gasteiger partial charge in [-0.15, -0.1) is 0 Å². The average Bonchev–Trinajstić information content (AvgIpc) is 3.28. The van der Waals surface area contributed by atoms with E-state index in [1.54, 1.807) is 47.6 Å². The van der Waals surface area contributed by atoms with E-state index >= 15 is 0 Å². The molecule has 0 saturated carbocycles. The minimum Gasteiger partial charge on any atom is -0.489 e. The zero-order valence-electron chi connectivity index (χ0n) is 23.9. The lowest BCUT2D eigenvalue weighted by Crippen LogP contribution is -2.44. The Labute approximate surface area is 238 Å². The van der Waals surface area contributed by atoms with E-state index in [2.05, 4.69) is 15.1 Å². The lowest BCUT2D eigenvalue weighted by molar-refractivity contribution is 0.0429. The highest BCUT2D eigenvalue weighted by atomic mass is 16.6. The first-order valence-electron chi connectivity index (χ1n) is 12.9. The quantitative estimate of drug-likeness (QED) is 0.273. The number of nitrogen functional groups attached to an aromatic ring is 1. The fraction of sp³-hybridized carbons (Fsp3) is 0.300. The highest BCUT2D eigenvalue weighted by molar-refractivity contribution is 6.08. The van der Waals surface area contributed by atoms with Crippen molar-refractivity contribution in [2.45, 2.75) is 59.4 Å². The summed E-state index contributed by atoms with van der Waals surface area (Å²) in [6.07, 6.45) is -0.536. The van der Waals surface area contributed by atoms with Crippen LogP contribution in [0.5, 0.6) is 5.75 Å². The van der Waals surface area contributed by atoms with Gasteiger partial charge >= 0.3 is 12.2 Å². The van der Waals surface area contributed by atoms with Gasteiger partial charge in [0.2, 0.25) is 5.88 Å². The molecular formula is C30H33N5O6. The molecule has 0 radical (unpaired) electrons. The molecule has 2 heterocycles. The Kier molecular flexibility index (Phi) is 8.27. The predicted molar refractivity (Wildman–Crippen MR) is 153 cm³/mol. The number of aromatic nitrogens is 3. The lowest BCUT2D eigenvalue weighted by atomic mass is 10.1.